The Morgan fingerprint density at radius 2 is 1.60 bits per heavy atom. The van der Waals surface area contributed by atoms with Crippen molar-refractivity contribution < 1.29 is 23.5 Å². The van der Waals surface area contributed by atoms with E-state index in [0.717, 1.165) is 21.9 Å². The fourth-order valence-corrected chi connectivity index (χ4v) is 3.41. The molecule has 4 aromatic rings. The topological polar surface area (TPSA) is 77.8 Å². The second kappa shape index (κ2) is 8.65. The van der Waals surface area contributed by atoms with Crippen LogP contribution in [0.5, 0.6) is 5.75 Å². The van der Waals surface area contributed by atoms with Crippen molar-refractivity contribution >= 4 is 62.7 Å². The number of hydrogen-bond acceptors (Lipinski definition) is 5. The number of nitrogens with one attached hydrogen (secondary N) is 1. The zero-order valence-corrected chi connectivity index (χ0v) is 17.0. The van der Waals surface area contributed by atoms with Gasteiger partial charge in [-0.15, -0.1) is 0 Å². The first-order valence-corrected chi connectivity index (χ1v) is 9.70. The third-order valence-electron chi connectivity index (χ3n) is 4.30. The van der Waals surface area contributed by atoms with Gasteiger partial charge in [0.05, 0.1) is 15.7 Å². The van der Waals surface area contributed by atoms with E-state index in [4.69, 9.17) is 37.1 Å². The third kappa shape index (κ3) is 4.35. The van der Waals surface area contributed by atoms with Gasteiger partial charge in [-0.25, -0.2) is 4.79 Å². The summed E-state index contributed by atoms with van der Waals surface area (Å²) in [4.78, 5) is 23.9. The molecule has 0 saturated heterocycles. The monoisotopic (exact) mass is 443 g/mol. The maximum absolute atomic E-state index is 12.0. The molecule has 0 saturated carbocycles. The van der Waals surface area contributed by atoms with Gasteiger partial charge in [-0.05, 0) is 36.4 Å². The summed E-state index contributed by atoms with van der Waals surface area (Å²) in [6, 6.07) is 17.7. The van der Waals surface area contributed by atoms with Crippen molar-refractivity contribution in [3.63, 3.8) is 0 Å². The summed E-state index contributed by atoms with van der Waals surface area (Å²) >= 11 is 12.0. The molecule has 0 aliphatic rings. The van der Waals surface area contributed by atoms with E-state index in [0.29, 0.717) is 5.75 Å². The van der Waals surface area contributed by atoms with Crippen LogP contribution in [0.1, 0.15) is 0 Å². The van der Waals surface area contributed by atoms with Crippen LogP contribution in [0.4, 0.5) is 5.69 Å². The molecule has 1 aromatic heterocycles. The summed E-state index contributed by atoms with van der Waals surface area (Å²) in [5, 5.41) is 4.92. The summed E-state index contributed by atoms with van der Waals surface area (Å²) < 4.78 is 16.2. The molecule has 30 heavy (non-hydrogen) atoms. The van der Waals surface area contributed by atoms with Crippen molar-refractivity contribution in [3.8, 4) is 5.75 Å². The van der Waals surface area contributed by atoms with E-state index in [1.54, 1.807) is 36.4 Å². The molecule has 1 amide bonds. The van der Waals surface area contributed by atoms with Gasteiger partial charge in [0.15, 0.2) is 13.2 Å². The number of fused-ring (bicyclic) bond motifs is 3. The Labute approximate surface area is 181 Å². The van der Waals surface area contributed by atoms with Crippen LogP contribution in [0.15, 0.2) is 65.1 Å². The zero-order valence-electron chi connectivity index (χ0n) is 15.5. The molecule has 152 valence electrons. The van der Waals surface area contributed by atoms with E-state index in [1.807, 2.05) is 24.3 Å². The second-order valence-electron chi connectivity index (χ2n) is 6.35. The molecule has 8 heteroatoms. The number of carbonyl (C=O) groups excluding carboxylic acids is 2. The molecule has 0 atom stereocenters. The lowest BCUT2D eigenvalue weighted by atomic mass is 10.1. The van der Waals surface area contributed by atoms with E-state index in [9.17, 15) is 9.59 Å². The van der Waals surface area contributed by atoms with Crippen LogP contribution in [0.2, 0.25) is 10.0 Å². The Balaban J connectivity index is 1.32. The molecule has 0 unspecified atom stereocenters. The van der Waals surface area contributed by atoms with Crippen molar-refractivity contribution in [1.29, 1.82) is 0 Å². The van der Waals surface area contributed by atoms with Gasteiger partial charge >= 0.3 is 5.97 Å². The molecule has 6 nitrogen and oxygen atoms in total. The molecule has 0 bridgehead atoms. The standard InChI is InChI=1S/C22H15Cl2NO5/c23-16-5-3-6-17(24)22(16)25-20(26)11-29-21(27)12-28-13-8-9-19-15(10-13)14-4-1-2-7-18(14)30-19/h1-10H,11-12H2,(H,25,26). The van der Waals surface area contributed by atoms with Crippen molar-refractivity contribution in [3.05, 3.63) is 70.7 Å². The fraction of sp³-hybridized carbons (Fsp3) is 0.0909. The van der Waals surface area contributed by atoms with Crippen molar-refractivity contribution in [2.24, 2.45) is 0 Å². The molecule has 0 aliphatic heterocycles. The van der Waals surface area contributed by atoms with E-state index in [-0.39, 0.29) is 22.3 Å². The first-order valence-electron chi connectivity index (χ1n) is 8.95. The van der Waals surface area contributed by atoms with Gasteiger partial charge in [0, 0.05) is 10.8 Å². The maximum Gasteiger partial charge on any atom is 0.344 e. The molecule has 0 aliphatic carbocycles. The number of furan rings is 1. The molecule has 0 fully saturated rings. The maximum atomic E-state index is 12.0. The molecular weight excluding hydrogens is 429 g/mol. The minimum atomic E-state index is -0.687. The predicted molar refractivity (Wildman–Crippen MR) is 115 cm³/mol. The number of rotatable bonds is 6. The predicted octanol–water partition coefficient (Wildman–Crippen LogP) is 5.45. The van der Waals surface area contributed by atoms with Crippen LogP contribution in [-0.2, 0) is 14.3 Å². The summed E-state index contributed by atoms with van der Waals surface area (Å²) in [6.07, 6.45) is 0. The molecule has 0 radical (unpaired) electrons. The average molecular weight is 444 g/mol. The Kier molecular flexibility index (Phi) is 5.79. The van der Waals surface area contributed by atoms with E-state index in [2.05, 4.69) is 5.32 Å². The van der Waals surface area contributed by atoms with Crippen LogP contribution >= 0.6 is 23.2 Å². The van der Waals surface area contributed by atoms with Gasteiger partial charge in [-0.3, -0.25) is 4.79 Å². The van der Waals surface area contributed by atoms with Gasteiger partial charge in [0.25, 0.3) is 5.91 Å². The normalized spacial score (nSPS) is 10.9. The molecule has 3 aromatic carbocycles. The van der Waals surface area contributed by atoms with Crippen LogP contribution < -0.4 is 10.1 Å². The number of amides is 1. The number of ether oxygens (including phenoxy) is 2. The highest BCUT2D eigenvalue weighted by Crippen LogP contribution is 2.31. The molecular formula is C22H15Cl2NO5. The molecule has 1 N–H and O–H groups in total. The van der Waals surface area contributed by atoms with E-state index in [1.165, 1.54) is 0 Å². The second-order valence-corrected chi connectivity index (χ2v) is 7.16. The number of benzene rings is 3. The Bertz CT molecular complexity index is 1230. The zero-order chi connectivity index (χ0) is 21.1. The van der Waals surface area contributed by atoms with Crippen LogP contribution in [0, 0.1) is 0 Å². The number of hydrogen-bond donors (Lipinski definition) is 1. The number of esters is 1. The number of carbonyl (C=O) groups is 2. The average Bonchev–Trinajstić information content (AvgIpc) is 3.11. The SMILES string of the molecule is O=C(COC(=O)COc1ccc2oc3ccccc3c2c1)Nc1c(Cl)cccc1Cl. The van der Waals surface area contributed by atoms with Gasteiger partial charge in [0.2, 0.25) is 0 Å². The summed E-state index contributed by atoms with van der Waals surface area (Å²) in [6.45, 7) is -0.837. The highest BCUT2D eigenvalue weighted by molar-refractivity contribution is 6.39. The summed E-state index contributed by atoms with van der Waals surface area (Å²) in [5.74, 6) is -0.768. The quantitative estimate of drug-likeness (QED) is 0.400. The van der Waals surface area contributed by atoms with Crippen LogP contribution in [-0.4, -0.2) is 25.1 Å². The molecule has 1 heterocycles. The fourth-order valence-electron chi connectivity index (χ4n) is 2.92. The van der Waals surface area contributed by atoms with Gasteiger partial charge in [0.1, 0.15) is 16.9 Å². The van der Waals surface area contributed by atoms with Crippen molar-refractivity contribution in [2.75, 3.05) is 18.5 Å². The minimum absolute atomic E-state index is 0.263. The minimum Gasteiger partial charge on any atom is -0.482 e. The van der Waals surface area contributed by atoms with E-state index < -0.39 is 18.5 Å². The van der Waals surface area contributed by atoms with Gasteiger partial charge < -0.3 is 19.2 Å². The Morgan fingerprint density at radius 1 is 0.867 bits per heavy atom. The Morgan fingerprint density at radius 3 is 2.40 bits per heavy atom. The van der Waals surface area contributed by atoms with Gasteiger partial charge in [-0.2, -0.15) is 0 Å². The van der Waals surface area contributed by atoms with Crippen molar-refractivity contribution in [1.82, 2.24) is 0 Å². The smallest absolute Gasteiger partial charge is 0.344 e. The lowest BCUT2D eigenvalue weighted by molar-refractivity contribution is -0.149. The lowest BCUT2D eigenvalue weighted by Gasteiger charge is -2.10. The van der Waals surface area contributed by atoms with Gasteiger partial charge in [-0.1, -0.05) is 47.5 Å². The van der Waals surface area contributed by atoms with E-state index >= 15 is 0 Å². The molecule has 4 rings (SSSR count). The number of anilines is 1. The number of para-hydroxylation sites is 2. The number of halogens is 2. The lowest BCUT2D eigenvalue weighted by Crippen LogP contribution is -2.23. The highest BCUT2D eigenvalue weighted by atomic mass is 35.5. The highest BCUT2D eigenvalue weighted by Gasteiger charge is 2.13. The first kappa shape index (κ1) is 20.1. The van der Waals surface area contributed by atoms with Crippen molar-refractivity contribution in [2.45, 2.75) is 0 Å². The first-order chi connectivity index (χ1) is 14.5. The van der Waals surface area contributed by atoms with Crippen LogP contribution in [0.25, 0.3) is 21.9 Å². The third-order valence-corrected chi connectivity index (χ3v) is 4.93. The molecule has 0 spiro atoms. The van der Waals surface area contributed by atoms with Crippen LogP contribution in [0.3, 0.4) is 0 Å². The summed E-state index contributed by atoms with van der Waals surface area (Å²) in [5.41, 5.74) is 1.76. The summed E-state index contributed by atoms with van der Waals surface area (Å²) in [7, 11) is 0. The Hall–Kier alpha value is -3.22. The largest absolute Gasteiger partial charge is 0.482 e.